The van der Waals surface area contributed by atoms with Gasteiger partial charge in [0.05, 0.1) is 0 Å². The van der Waals surface area contributed by atoms with Crippen molar-refractivity contribution >= 4 is 0 Å². The third-order valence-electron chi connectivity index (χ3n) is 3.37. The molecule has 0 heterocycles. The van der Waals surface area contributed by atoms with Crippen LogP contribution in [0, 0.1) is 5.41 Å². The lowest BCUT2D eigenvalue weighted by atomic mass is 9.65. The summed E-state index contributed by atoms with van der Waals surface area (Å²) in [6.45, 7) is 27.5. The second-order valence-electron chi connectivity index (χ2n) is 5.65. The summed E-state index contributed by atoms with van der Waals surface area (Å²) in [5.41, 5.74) is 1.95. The van der Waals surface area contributed by atoms with E-state index in [0.29, 0.717) is 5.41 Å². The van der Waals surface area contributed by atoms with Gasteiger partial charge in [-0.3, -0.25) is 0 Å². The molecule has 0 radical (unpaired) electrons. The first-order valence-corrected chi connectivity index (χ1v) is 9.73. The summed E-state index contributed by atoms with van der Waals surface area (Å²) < 4.78 is 4.25. The van der Waals surface area contributed by atoms with Crippen LogP contribution in [0.4, 0.5) is 0 Å². The normalized spacial score (nSPS) is 8.79. The van der Waals surface area contributed by atoms with Crippen molar-refractivity contribution in [2.45, 2.75) is 95.4 Å². The molecule has 0 amide bonds. The SMILES string of the molecule is CC.CC.CC.CC.CC(C)(C)C(C)(C)c1ccccc1.COC. The van der Waals surface area contributed by atoms with E-state index in [1.807, 2.05) is 55.4 Å². The standard InChI is InChI=1S/C13H20.C2H6O.4C2H6/c1-12(2,3)13(4,5)11-9-7-6-8-10-11;1-3-2;4*1-2/h6-10H,1-5H3;1-2H3;4*1-2H3. The van der Waals surface area contributed by atoms with Gasteiger partial charge in [0.25, 0.3) is 0 Å². The zero-order valence-corrected chi connectivity index (χ0v) is 19.8. The van der Waals surface area contributed by atoms with Gasteiger partial charge in [-0.1, -0.05) is 120 Å². The van der Waals surface area contributed by atoms with Gasteiger partial charge in [0.1, 0.15) is 0 Å². The molecule has 0 aliphatic carbocycles. The molecule has 148 valence electrons. The summed E-state index contributed by atoms with van der Waals surface area (Å²) in [4.78, 5) is 0. The summed E-state index contributed by atoms with van der Waals surface area (Å²) >= 11 is 0. The molecule has 0 aliphatic rings. The van der Waals surface area contributed by atoms with Gasteiger partial charge < -0.3 is 4.74 Å². The summed E-state index contributed by atoms with van der Waals surface area (Å²) in [6, 6.07) is 10.7. The molecule has 1 aromatic rings. The average Bonchev–Trinajstić information content (AvgIpc) is 2.62. The van der Waals surface area contributed by atoms with Gasteiger partial charge in [0.2, 0.25) is 0 Å². The first-order chi connectivity index (χ1) is 11.3. The minimum atomic E-state index is 0.230. The Labute approximate surface area is 156 Å². The average molecular weight is 343 g/mol. The van der Waals surface area contributed by atoms with Gasteiger partial charge in [-0.2, -0.15) is 0 Å². The zero-order chi connectivity index (χ0) is 20.8. The fraction of sp³-hybridized carbons (Fsp3) is 0.739. The predicted molar refractivity (Wildman–Crippen MR) is 117 cm³/mol. The van der Waals surface area contributed by atoms with Crippen LogP contribution in [-0.4, -0.2) is 14.2 Å². The minimum absolute atomic E-state index is 0.230. The first kappa shape index (κ1) is 34.5. The zero-order valence-electron chi connectivity index (χ0n) is 19.8. The van der Waals surface area contributed by atoms with Gasteiger partial charge >= 0.3 is 0 Å². The number of hydrogen-bond acceptors (Lipinski definition) is 1. The highest BCUT2D eigenvalue weighted by atomic mass is 16.4. The van der Waals surface area contributed by atoms with Crippen molar-refractivity contribution in [3.8, 4) is 0 Å². The van der Waals surface area contributed by atoms with Gasteiger partial charge in [-0.05, 0) is 16.4 Å². The maximum absolute atomic E-state index is 4.25. The molecule has 1 rings (SSSR count). The third kappa shape index (κ3) is 17.5. The van der Waals surface area contributed by atoms with Gasteiger partial charge in [0.15, 0.2) is 0 Å². The van der Waals surface area contributed by atoms with E-state index in [0.717, 1.165) is 0 Å². The van der Waals surface area contributed by atoms with Crippen LogP contribution in [0.2, 0.25) is 0 Å². The van der Waals surface area contributed by atoms with Gasteiger partial charge in [0, 0.05) is 14.2 Å². The van der Waals surface area contributed by atoms with Crippen LogP contribution in [0.15, 0.2) is 30.3 Å². The number of rotatable bonds is 1. The van der Waals surface area contributed by atoms with Crippen LogP contribution < -0.4 is 0 Å². The second-order valence-corrected chi connectivity index (χ2v) is 5.65. The maximum atomic E-state index is 4.25. The summed E-state index contributed by atoms with van der Waals surface area (Å²) in [5.74, 6) is 0. The molecule has 0 spiro atoms. The fourth-order valence-electron chi connectivity index (χ4n) is 1.29. The van der Waals surface area contributed by atoms with Gasteiger partial charge in [-0.25, -0.2) is 0 Å². The molecule has 0 fully saturated rings. The molecular formula is C23H50O. The highest BCUT2D eigenvalue weighted by Gasteiger charge is 2.33. The predicted octanol–water partition coefficient (Wildman–Crippen LogP) is 8.38. The minimum Gasteiger partial charge on any atom is -0.388 e. The van der Waals surface area contributed by atoms with E-state index in [9.17, 15) is 0 Å². The summed E-state index contributed by atoms with van der Waals surface area (Å²) in [7, 11) is 3.25. The van der Waals surface area contributed by atoms with E-state index in [-0.39, 0.29) is 5.41 Å². The molecule has 24 heavy (non-hydrogen) atoms. The van der Waals surface area contributed by atoms with Crippen LogP contribution in [0.3, 0.4) is 0 Å². The molecule has 0 aliphatic heterocycles. The second kappa shape index (κ2) is 24.4. The molecule has 1 nitrogen and oxygen atoms in total. The Kier molecular flexibility index (Phi) is 35.1. The quantitative estimate of drug-likeness (QED) is 0.498. The lowest BCUT2D eigenvalue weighted by Crippen LogP contribution is -2.33. The molecule has 0 aromatic heterocycles. The van der Waals surface area contributed by atoms with E-state index in [1.54, 1.807) is 14.2 Å². The third-order valence-corrected chi connectivity index (χ3v) is 3.37. The molecule has 0 saturated carbocycles. The maximum Gasteiger partial charge on any atom is 0.0351 e. The largest absolute Gasteiger partial charge is 0.388 e. The Balaban J connectivity index is -0.0000000924. The van der Waals surface area contributed by atoms with E-state index in [1.165, 1.54) is 5.56 Å². The number of ether oxygens (including phenoxy) is 1. The highest BCUT2D eigenvalue weighted by Crippen LogP contribution is 2.40. The lowest BCUT2D eigenvalue weighted by molar-refractivity contribution is 0.225. The molecule has 0 bridgehead atoms. The highest BCUT2D eigenvalue weighted by molar-refractivity contribution is 5.25. The number of methoxy groups -OCH3 is 1. The molecule has 0 saturated heterocycles. The van der Waals surface area contributed by atoms with Crippen molar-refractivity contribution in [2.75, 3.05) is 14.2 Å². The van der Waals surface area contributed by atoms with Crippen molar-refractivity contribution in [2.24, 2.45) is 5.41 Å². The number of benzene rings is 1. The Morgan fingerprint density at radius 3 is 1.04 bits per heavy atom. The van der Waals surface area contributed by atoms with Crippen LogP contribution in [-0.2, 0) is 10.2 Å². The van der Waals surface area contributed by atoms with Crippen LogP contribution in [0.1, 0.15) is 95.6 Å². The van der Waals surface area contributed by atoms with Crippen molar-refractivity contribution in [3.63, 3.8) is 0 Å². The van der Waals surface area contributed by atoms with E-state index in [2.05, 4.69) is 69.7 Å². The van der Waals surface area contributed by atoms with Crippen LogP contribution >= 0.6 is 0 Å². The van der Waals surface area contributed by atoms with Gasteiger partial charge in [-0.15, -0.1) is 0 Å². The Morgan fingerprint density at radius 1 is 0.583 bits per heavy atom. The Hall–Kier alpha value is -0.820. The van der Waals surface area contributed by atoms with E-state index >= 15 is 0 Å². The fourth-order valence-corrected chi connectivity index (χ4v) is 1.29. The topological polar surface area (TPSA) is 9.23 Å². The molecule has 1 heteroatoms. The Morgan fingerprint density at radius 2 is 0.833 bits per heavy atom. The molecular weight excluding hydrogens is 292 g/mol. The van der Waals surface area contributed by atoms with E-state index < -0.39 is 0 Å². The van der Waals surface area contributed by atoms with Crippen LogP contribution in [0.5, 0.6) is 0 Å². The van der Waals surface area contributed by atoms with Crippen LogP contribution in [0.25, 0.3) is 0 Å². The molecule has 0 atom stereocenters. The Bertz CT molecular complexity index is 281. The first-order valence-electron chi connectivity index (χ1n) is 9.73. The van der Waals surface area contributed by atoms with Crippen molar-refractivity contribution in [3.05, 3.63) is 35.9 Å². The van der Waals surface area contributed by atoms with E-state index in [4.69, 9.17) is 0 Å². The summed E-state index contributed by atoms with van der Waals surface area (Å²) in [5, 5.41) is 0. The molecule has 0 N–H and O–H groups in total. The number of hydrogen-bond donors (Lipinski definition) is 0. The van der Waals surface area contributed by atoms with Crippen molar-refractivity contribution in [1.29, 1.82) is 0 Å². The van der Waals surface area contributed by atoms with Crippen molar-refractivity contribution in [1.82, 2.24) is 0 Å². The lowest BCUT2D eigenvalue weighted by Gasteiger charge is -2.39. The smallest absolute Gasteiger partial charge is 0.0351 e. The monoisotopic (exact) mass is 342 g/mol. The van der Waals surface area contributed by atoms with Crippen molar-refractivity contribution < 1.29 is 4.74 Å². The summed E-state index contributed by atoms with van der Waals surface area (Å²) in [6.07, 6.45) is 0. The molecule has 0 unspecified atom stereocenters. The molecule has 1 aromatic carbocycles.